The van der Waals surface area contributed by atoms with Crippen LogP contribution in [0.5, 0.6) is 5.75 Å². The van der Waals surface area contributed by atoms with Gasteiger partial charge in [0.05, 0.1) is 26.6 Å². The summed E-state index contributed by atoms with van der Waals surface area (Å²) in [5.74, 6) is 0.0875. The molecule has 0 radical (unpaired) electrons. The van der Waals surface area contributed by atoms with E-state index in [0.717, 1.165) is 5.56 Å². The molecule has 0 saturated heterocycles. The van der Waals surface area contributed by atoms with Gasteiger partial charge >= 0.3 is 0 Å². The Morgan fingerprint density at radius 1 is 1.16 bits per heavy atom. The van der Waals surface area contributed by atoms with Crippen molar-refractivity contribution in [2.24, 2.45) is 10.8 Å². The van der Waals surface area contributed by atoms with Gasteiger partial charge in [-0.25, -0.2) is 4.98 Å². The molecule has 0 aliphatic heterocycles. The van der Waals surface area contributed by atoms with Crippen LogP contribution in [0.15, 0.2) is 81.1 Å². The van der Waals surface area contributed by atoms with Crippen molar-refractivity contribution < 1.29 is 9.53 Å². The largest absolute Gasteiger partial charge is 0.481 e. The van der Waals surface area contributed by atoms with Crippen molar-refractivity contribution in [3.8, 4) is 17.1 Å². The summed E-state index contributed by atoms with van der Waals surface area (Å²) in [4.78, 5) is 28.8. The molecule has 0 aliphatic rings. The number of hydrogen-bond acceptors (Lipinski definition) is 5. The fraction of sp³-hybridized carbons (Fsp3) is 0.0435. The summed E-state index contributed by atoms with van der Waals surface area (Å²) >= 11 is 9.66. The molecule has 3 aromatic carbocycles. The molecular formula is C23H16BrClN4O3. The van der Waals surface area contributed by atoms with Crippen molar-refractivity contribution in [3.63, 3.8) is 0 Å². The Morgan fingerprint density at radius 2 is 1.88 bits per heavy atom. The number of nitrogens with zero attached hydrogens (tertiary/aromatic N) is 3. The van der Waals surface area contributed by atoms with E-state index in [2.05, 4.69) is 26.0 Å². The highest BCUT2D eigenvalue weighted by molar-refractivity contribution is 9.10. The topological polar surface area (TPSA) is 99.6 Å². The first kappa shape index (κ1) is 21.7. The summed E-state index contributed by atoms with van der Waals surface area (Å²) in [6.45, 7) is -0.301. The van der Waals surface area contributed by atoms with Gasteiger partial charge in [-0.3, -0.25) is 9.59 Å². The SMILES string of the molecule is NC(=O)COc1c(Cl)cc(C=Nn2c(-c3ccccc3)nc3ccccc3c2=O)cc1Br. The maximum Gasteiger partial charge on any atom is 0.282 e. The van der Waals surface area contributed by atoms with Crippen molar-refractivity contribution in [2.45, 2.75) is 0 Å². The highest BCUT2D eigenvalue weighted by Crippen LogP contribution is 2.34. The Balaban J connectivity index is 1.80. The lowest BCUT2D eigenvalue weighted by molar-refractivity contribution is -0.119. The van der Waals surface area contributed by atoms with E-state index in [4.69, 9.17) is 22.1 Å². The maximum absolute atomic E-state index is 13.2. The number of ether oxygens (including phenoxy) is 1. The number of amides is 1. The van der Waals surface area contributed by atoms with E-state index in [-0.39, 0.29) is 22.9 Å². The second-order valence-corrected chi connectivity index (χ2v) is 8.01. The van der Waals surface area contributed by atoms with E-state index in [1.165, 1.54) is 10.9 Å². The minimum atomic E-state index is -0.616. The number of carbonyl (C=O) groups is 1. The fourth-order valence-electron chi connectivity index (χ4n) is 3.06. The Morgan fingerprint density at radius 3 is 2.59 bits per heavy atom. The second kappa shape index (κ2) is 9.33. The van der Waals surface area contributed by atoms with Crippen LogP contribution in [0, 0.1) is 0 Å². The standard InChI is InChI=1S/C23H16BrClN4O3/c24-17-10-14(11-18(25)21(17)32-13-20(26)30)12-27-29-22(15-6-2-1-3-7-15)28-19-9-5-4-8-16(19)23(29)31/h1-12H,13H2,(H2,26,30). The molecule has 9 heteroatoms. The van der Waals surface area contributed by atoms with E-state index < -0.39 is 5.91 Å². The summed E-state index contributed by atoms with van der Waals surface area (Å²) in [7, 11) is 0. The average molecular weight is 512 g/mol. The molecule has 4 rings (SSSR count). The zero-order valence-electron chi connectivity index (χ0n) is 16.5. The van der Waals surface area contributed by atoms with Gasteiger partial charge in [0.25, 0.3) is 11.5 Å². The number of halogens is 2. The lowest BCUT2D eigenvalue weighted by atomic mass is 10.2. The van der Waals surface area contributed by atoms with Gasteiger partial charge in [0.1, 0.15) is 0 Å². The zero-order valence-corrected chi connectivity index (χ0v) is 18.9. The number of hydrogen-bond donors (Lipinski definition) is 1. The monoisotopic (exact) mass is 510 g/mol. The van der Waals surface area contributed by atoms with E-state index in [9.17, 15) is 9.59 Å². The lowest BCUT2D eigenvalue weighted by Crippen LogP contribution is -2.20. The highest BCUT2D eigenvalue weighted by atomic mass is 79.9. The van der Waals surface area contributed by atoms with E-state index in [0.29, 0.717) is 26.8 Å². The molecule has 7 nitrogen and oxygen atoms in total. The third-order valence-electron chi connectivity index (χ3n) is 4.49. The summed E-state index contributed by atoms with van der Waals surface area (Å²) in [5.41, 5.74) is 6.77. The second-order valence-electron chi connectivity index (χ2n) is 6.75. The van der Waals surface area contributed by atoms with Crippen molar-refractivity contribution >= 4 is 50.6 Å². The first-order valence-electron chi connectivity index (χ1n) is 9.46. The summed E-state index contributed by atoms with van der Waals surface area (Å²) < 4.78 is 7.10. The van der Waals surface area contributed by atoms with Gasteiger partial charge in [0, 0.05) is 5.56 Å². The van der Waals surface area contributed by atoms with E-state index >= 15 is 0 Å². The van der Waals surface area contributed by atoms with Crippen molar-refractivity contribution in [1.82, 2.24) is 9.66 Å². The first-order valence-corrected chi connectivity index (χ1v) is 10.6. The van der Waals surface area contributed by atoms with Gasteiger partial charge in [0.15, 0.2) is 18.2 Å². The molecule has 4 aromatic rings. The number of aromatic nitrogens is 2. The molecule has 1 heterocycles. The fourth-order valence-corrected chi connectivity index (χ4v) is 4.05. The smallest absolute Gasteiger partial charge is 0.282 e. The van der Waals surface area contributed by atoms with Crippen LogP contribution in [0.3, 0.4) is 0 Å². The van der Waals surface area contributed by atoms with Crippen LogP contribution >= 0.6 is 27.5 Å². The molecule has 0 saturated carbocycles. The molecule has 0 fully saturated rings. The van der Waals surface area contributed by atoms with E-state index in [1.807, 2.05) is 36.4 Å². The predicted octanol–water partition coefficient (Wildman–Crippen LogP) is 4.23. The number of benzene rings is 3. The summed E-state index contributed by atoms with van der Waals surface area (Å²) in [5, 5.41) is 5.13. The molecule has 160 valence electrons. The van der Waals surface area contributed by atoms with Crippen LogP contribution in [0.1, 0.15) is 5.56 Å². The maximum atomic E-state index is 13.2. The Labute approximate surface area is 196 Å². The molecule has 1 aromatic heterocycles. The van der Waals surface area contributed by atoms with Crippen LogP contribution in [0.4, 0.5) is 0 Å². The van der Waals surface area contributed by atoms with E-state index in [1.54, 1.807) is 30.3 Å². The lowest BCUT2D eigenvalue weighted by Gasteiger charge is -2.10. The third-order valence-corrected chi connectivity index (χ3v) is 5.36. The van der Waals surface area contributed by atoms with Gasteiger partial charge in [-0.2, -0.15) is 9.78 Å². The van der Waals surface area contributed by atoms with Crippen LogP contribution in [-0.4, -0.2) is 28.4 Å². The number of primary amides is 1. The molecule has 32 heavy (non-hydrogen) atoms. The number of carbonyl (C=O) groups excluding carboxylic acids is 1. The van der Waals surface area contributed by atoms with Crippen molar-refractivity contribution in [2.75, 3.05) is 6.61 Å². The minimum absolute atomic E-state index is 0.259. The molecule has 1 amide bonds. The molecule has 0 unspecified atom stereocenters. The zero-order chi connectivity index (χ0) is 22.7. The summed E-state index contributed by atoms with van der Waals surface area (Å²) in [6, 6.07) is 19.8. The number of nitrogens with two attached hydrogens (primary N) is 1. The van der Waals surface area contributed by atoms with Gasteiger partial charge in [0.2, 0.25) is 0 Å². The molecule has 0 bridgehead atoms. The van der Waals surface area contributed by atoms with Gasteiger partial charge in [-0.1, -0.05) is 54.1 Å². The first-order chi connectivity index (χ1) is 15.4. The predicted molar refractivity (Wildman–Crippen MR) is 128 cm³/mol. The molecule has 0 atom stereocenters. The van der Waals surface area contributed by atoms with Crippen molar-refractivity contribution in [1.29, 1.82) is 0 Å². The third kappa shape index (κ3) is 4.56. The molecule has 0 spiro atoms. The minimum Gasteiger partial charge on any atom is -0.481 e. The quantitative estimate of drug-likeness (QED) is 0.392. The highest BCUT2D eigenvalue weighted by Gasteiger charge is 2.13. The molecular weight excluding hydrogens is 496 g/mol. The number of rotatable bonds is 6. The Bertz CT molecular complexity index is 1380. The molecule has 0 aliphatic carbocycles. The number of fused-ring (bicyclic) bond motifs is 1. The van der Waals surface area contributed by atoms with Crippen LogP contribution < -0.4 is 16.0 Å². The van der Waals surface area contributed by atoms with Gasteiger partial charge < -0.3 is 10.5 Å². The Hall–Kier alpha value is -3.49. The van der Waals surface area contributed by atoms with Crippen LogP contribution in [-0.2, 0) is 4.79 Å². The van der Waals surface area contributed by atoms with Gasteiger partial charge in [-0.15, -0.1) is 0 Å². The average Bonchev–Trinajstić information content (AvgIpc) is 2.78. The van der Waals surface area contributed by atoms with Crippen LogP contribution in [0.2, 0.25) is 5.02 Å². The van der Waals surface area contributed by atoms with Crippen LogP contribution in [0.25, 0.3) is 22.3 Å². The van der Waals surface area contributed by atoms with Gasteiger partial charge in [-0.05, 0) is 45.8 Å². The normalized spacial score (nSPS) is 11.2. The summed E-state index contributed by atoms with van der Waals surface area (Å²) in [6.07, 6.45) is 1.50. The molecule has 2 N–H and O–H groups in total. The Kier molecular flexibility index (Phi) is 6.34. The van der Waals surface area contributed by atoms with Crippen molar-refractivity contribution in [3.05, 3.63) is 92.1 Å². The number of para-hydroxylation sites is 1.